The topological polar surface area (TPSA) is 55.8 Å². The van der Waals surface area contributed by atoms with Crippen LogP contribution in [-0.2, 0) is 17.4 Å². The zero-order chi connectivity index (χ0) is 12.6. The maximum atomic E-state index is 12.7. The lowest BCUT2D eigenvalue weighted by atomic mass is 10.0. The molecule has 0 unspecified atom stereocenters. The van der Waals surface area contributed by atoms with Gasteiger partial charge in [0, 0.05) is 0 Å². The number of halogens is 3. The molecule has 1 aromatic carbocycles. The Morgan fingerprint density at radius 2 is 1.88 bits per heavy atom. The molecular weight excluding hydrogens is 241 g/mol. The van der Waals surface area contributed by atoms with Crippen molar-refractivity contribution in [1.29, 1.82) is 0 Å². The van der Waals surface area contributed by atoms with Gasteiger partial charge in [-0.1, -0.05) is 0 Å². The molecule has 1 N–H and O–H groups in total. The molecule has 17 heavy (non-hydrogen) atoms. The maximum absolute atomic E-state index is 12.7. The van der Waals surface area contributed by atoms with Gasteiger partial charge in [0.1, 0.15) is 0 Å². The Hall–Kier alpha value is -1.92. The summed E-state index contributed by atoms with van der Waals surface area (Å²) in [5, 5.41) is 8.57. The van der Waals surface area contributed by atoms with Crippen LogP contribution in [0, 0.1) is 0 Å². The van der Waals surface area contributed by atoms with E-state index in [0.29, 0.717) is 0 Å². The summed E-state index contributed by atoms with van der Waals surface area (Å²) in [5.74, 6) is -1.23. The molecule has 92 valence electrons. The number of rotatable bonds is 2. The summed E-state index contributed by atoms with van der Waals surface area (Å²) in [6.07, 6.45) is -5.34. The molecule has 0 amide bonds. The van der Waals surface area contributed by atoms with Gasteiger partial charge in [0.05, 0.1) is 12.0 Å². The van der Waals surface area contributed by atoms with Crippen molar-refractivity contribution in [3.05, 3.63) is 23.3 Å². The van der Waals surface area contributed by atoms with Gasteiger partial charge in [-0.15, -0.1) is 0 Å². The summed E-state index contributed by atoms with van der Waals surface area (Å²) in [5.41, 5.74) is -1.35. The molecular formula is C10H7F3O4. The van der Waals surface area contributed by atoms with E-state index in [1.165, 1.54) is 0 Å². The number of fused-ring (bicyclic) bond motifs is 1. The van der Waals surface area contributed by atoms with Crippen molar-refractivity contribution >= 4 is 5.97 Å². The molecule has 0 saturated heterocycles. The Bertz CT molecular complexity index is 467. The van der Waals surface area contributed by atoms with Gasteiger partial charge in [-0.3, -0.25) is 4.79 Å². The van der Waals surface area contributed by atoms with Gasteiger partial charge in [-0.05, 0) is 17.7 Å². The Morgan fingerprint density at radius 3 is 2.41 bits per heavy atom. The monoisotopic (exact) mass is 248 g/mol. The van der Waals surface area contributed by atoms with Gasteiger partial charge in [-0.25, -0.2) is 0 Å². The van der Waals surface area contributed by atoms with Gasteiger partial charge in [0.25, 0.3) is 0 Å². The molecule has 1 heterocycles. The van der Waals surface area contributed by atoms with Crippen molar-refractivity contribution in [3.63, 3.8) is 0 Å². The van der Waals surface area contributed by atoms with E-state index in [4.69, 9.17) is 14.6 Å². The first kappa shape index (κ1) is 11.6. The van der Waals surface area contributed by atoms with Crippen LogP contribution in [0.5, 0.6) is 11.5 Å². The molecule has 1 aromatic rings. The van der Waals surface area contributed by atoms with E-state index in [2.05, 4.69) is 0 Å². The predicted octanol–water partition coefficient (Wildman–Crippen LogP) is 2.06. The Balaban J connectivity index is 2.51. The Labute approximate surface area is 93.6 Å². The van der Waals surface area contributed by atoms with E-state index < -0.39 is 24.1 Å². The van der Waals surface area contributed by atoms with E-state index in [9.17, 15) is 18.0 Å². The minimum Gasteiger partial charge on any atom is -0.481 e. The number of carbonyl (C=O) groups is 1. The lowest BCUT2D eigenvalue weighted by Gasteiger charge is -2.12. The number of benzene rings is 1. The molecule has 1 aliphatic rings. The summed E-state index contributed by atoms with van der Waals surface area (Å²) in [6.45, 7) is -0.164. The molecule has 0 aromatic heterocycles. The lowest BCUT2D eigenvalue weighted by Crippen LogP contribution is -2.12. The van der Waals surface area contributed by atoms with Crippen molar-refractivity contribution in [1.82, 2.24) is 0 Å². The number of ether oxygens (including phenoxy) is 2. The van der Waals surface area contributed by atoms with E-state index in [-0.39, 0.29) is 23.9 Å². The number of carboxylic acid groups (broad SMARTS) is 1. The molecule has 0 radical (unpaired) electrons. The highest BCUT2D eigenvalue weighted by atomic mass is 19.4. The normalized spacial score (nSPS) is 13.8. The second-order valence-corrected chi connectivity index (χ2v) is 3.43. The molecule has 7 heteroatoms. The summed E-state index contributed by atoms with van der Waals surface area (Å²) in [4.78, 5) is 10.5. The fraction of sp³-hybridized carbons (Fsp3) is 0.300. The molecule has 0 bridgehead atoms. The Kier molecular flexibility index (Phi) is 2.60. The molecule has 0 atom stereocenters. The van der Waals surface area contributed by atoms with Gasteiger partial charge in [-0.2, -0.15) is 13.2 Å². The van der Waals surface area contributed by atoms with Crippen molar-refractivity contribution in [2.24, 2.45) is 0 Å². The van der Waals surface area contributed by atoms with Crippen LogP contribution in [0.1, 0.15) is 11.1 Å². The minimum absolute atomic E-state index is 0.0218. The summed E-state index contributed by atoms with van der Waals surface area (Å²) in [7, 11) is 0. The molecule has 0 saturated carbocycles. The first-order chi connectivity index (χ1) is 7.88. The fourth-order valence-corrected chi connectivity index (χ4v) is 1.56. The average molecular weight is 248 g/mol. The number of aliphatic carboxylic acids is 1. The molecule has 1 aliphatic heterocycles. The smallest absolute Gasteiger partial charge is 0.416 e. The second-order valence-electron chi connectivity index (χ2n) is 3.43. The largest absolute Gasteiger partial charge is 0.481 e. The highest BCUT2D eigenvalue weighted by Crippen LogP contribution is 2.41. The lowest BCUT2D eigenvalue weighted by molar-refractivity contribution is -0.139. The van der Waals surface area contributed by atoms with Crippen LogP contribution in [0.25, 0.3) is 0 Å². The summed E-state index contributed by atoms with van der Waals surface area (Å²) >= 11 is 0. The fourth-order valence-electron chi connectivity index (χ4n) is 1.56. The van der Waals surface area contributed by atoms with Crippen LogP contribution in [0.3, 0.4) is 0 Å². The Morgan fingerprint density at radius 1 is 1.29 bits per heavy atom. The highest BCUT2D eigenvalue weighted by molar-refractivity contribution is 5.71. The first-order valence-corrected chi connectivity index (χ1v) is 4.59. The van der Waals surface area contributed by atoms with E-state index in [1.54, 1.807) is 0 Å². The van der Waals surface area contributed by atoms with Crippen LogP contribution in [0.15, 0.2) is 12.1 Å². The van der Waals surface area contributed by atoms with Gasteiger partial charge < -0.3 is 14.6 Å². The van der Waals surface area contributed by atoms with E-state index in [0.717, 1.165) is 12.1 Å². The zero-order valence-corrected chi connectivity index (χ0v) is 8.37. The predicted molar refractivity (Wildman–Crippen MR) is 48.9 cm³/mol. The number of alkyl halides is 3. The van der Waals surface area contributed by atoms with Gasteiger partial charge in [0.15, 0.2) is 11.5 Å². The maximum Gasteiger partial charge on any atom is 0.416 e. The first-order valence-electron chi connectivity index (χ1n) is 4.59. The number of hydrogen-bond donors (Lipinski definition) is 1. The third kappa shape index (κ3) is 2.27. The summed E-state index contributed by atoms with van der Waals surface area (Å²) in [6, 6.07) is 1.82. The molecule has 0 fully saturated rings. The van der Waals surface area contributed by atoms with Crippen molar-refractivity contribution < 1.29 is 32.5 Å². The van der Waals surface area contributed by atoms with Crippen molar-refractivity contribution in [2.75, 3.05) is 6.79 Å². The third-order valence-corrected chi connectivity index (χ3v) is 2.25. The average Bonchev–Trinajstić information content (AvgIpc) is 2.60. The van der Waals surface area contributed by atoms with Crippen LogP contribution in [-0.4, -0.2) is 17.9 Å². The number of carboxylic acids is 1. The van der Waals surface area contributed by atoms with Crippen molar-refractivity contribution in [3.8, 4) is 11.5 Å². The molecule has 4 nitrogen and oxygen atoms in total. The van der Waals surface area contributed by atoms with Crippen LogP contribution >= 0.6 is 0 Å². The van der Waals surface area contributed by atoms with Crippen LogP contribution in [0.2, 0.25) is 0 Å². The van der Waals surface area contributed by atoms with Crippen LogP contribution in [0.4, 0.5) is 13.2 Å². The minimum atomic E-state index is -4.62. The second kappa shape index (κ2) is 3.83. The zero-order valence-electron chi connectivity index (χ0n) is 8.37. The quantitative estimate of drug-likeness (QED) is 0.870. The standard InChI is InChI=1S/C10H7F3O4/c11-10(12,13)6-3-8-7(16-4-17-8)1-5(6)2-9(14)15/h1,3H,2,4H2,(H,14,15). The molecule has 0 aliphatic carbocycles. The molecule has 2 rings (SSSR count). The van der Waals surface area contributed by atoms with Crippen LogP contribution < -0.4 is 9.47 Å². The van der Waals surface area contributed by atoms with E-state index >= 15 is 0 Å². The molecule has 0 spiro atoms. The van der Waals surface area contributed by atoms with Crippen molar-refractivity contribution in [2.45, 2.75) is 12.6 Å². The van der Waals surface area contributed by atoms with Gasteiger partial charge >= 0.3 is 12.1 Å². The van der Waals surface area contributed by atoms with Gasteiger partial charge in [0.2, 0.25) is 6.79 Å². The van der Waals surface area contributed by atoms with E-state index in [1.807, 2.05) is 0 Å². The third-order valence-electron chi connectivity index (χ3n) is 2.25. The summed E-state index contributed by atoms with van der Waals surface area (Å²) < 4.78 is 47.8. The highest BCUT2D eigenvalue weighted by Gasteiger charge is 2.36. The number of hydrogen-bond acceptors (Lipinski definition) is 3. The SMILES string of the molecule is O=C(O)Cc1cc2c(cc1C(F)(F)F)OCO2.